The van der Waals surface area contributed by atoms with E-state index in [0.29, 0.717) is 0 Å². The van der Waals surface area contributed by atoms with Crippen molar-refractivity contribution in [2.24, 2.45) is 0 Å². The highest BCUT2D eigenvalue weighted by molar-refractivity contribution is 5.82. The van der Waals surface area contributed by atoms with E-state index < -0.39 is 0 Å². The van der Waals surface area contributed by atoms with Gasteiger partial charge in [0.1, 0.15) is 18.1 Å². The highest BCUT2D eigenvalue weighted by atomic mass is 16.5. The van der Waals surface area contributed by atoms with Crippen LogP contribution in [0, 0.1) is 0 Å². The third-order valence-corrected chi connectivity index (χ3v) is 5.77. The summed E-state index contributed by atoms with van der Waals surface area (Å²) >= 11 is 0. The number of rotatable bonds is 9. The Bertz CT molecular complexity index is 973. The molecule has 0 aromatic heterocycles. The van der Waals surface area contributed by atoms with E-state index >= 15 is 0 Å². The van der Waals surface area contributed by atoms with Gasteiger partial charge in [-0.25, -0.2) is 0 Å². The first kappa shape index (κ1) is 21.2. The van der Waals surface area contributed by atoms with Crippen LogP contribution in [0.15, 0.2) is 78.9 Å². The lowest BCUT2D eigenvalue weighted by Gasteiger charge is -2.15. The second kappa shape index (κ2) is 10.8. The second-order valence-corrected chi connectivity index (χ2v) is 8.03. The summed E-state index contributed by atoms with van der Waals surface area (Å²) in [4.78, 5) is 2.47. The summed E-state index contributed by atoms with van der Waals surface area (Å²) in [7, 11) is 1.71. The molecule has 0 atom stereocenters. The summed E-state index contributed by atoms with van der Waals surface area (Å²) in [5, 5.41) is 0. The van der Waals surface area contributed by atoms with Crippen LogP contribution in [0.25, 0.3) is 11.6 Å². The molecular formula is C28H31NO2. The van der Waals surface area contributed by atoms with Crippen LogP contribution < -0.4 is 9.47 Å². The lowest BCUT2D eigenvalue weighted by Crippen LogP contribution is -2.25. The number of nitrogens with zero attached hydrogens (tertiary/aromatic N) is 1. The minimum absolute atomic E-state index is 0.750. The molecule has 3 aromatic carbocycles. The maximum atomic E-state index is 5.96. The van der Waals surface area contributed by atoms with E-state index in [2.05, 4.69) is 77.7 Å². The number of benzene rings is 3. The zero-order valence-corrected chi connectivity index (χ0v) is 18.3. The van der Waals surface area contributed by atoms with Gasteiger partial charge < -0.3 is 9.47 Å². The van der Waals surface area contributed by atoms with E-state index in [0.717, 1.165) is 31.1 Å². The topological polar surface area (TPSA) is 21.7 Å². The van der Waals surface area contributed by atoms with Crippen molar-refractivity contribution in [3.63, 3.8) is 0 Å². The molecule has 3 heteroatoms. The molecule has 0 spiro atoms. The van der Waals surface area contributed by atoms with Crippen molar-refractivity contribution in [3.8, 4) is 11.5 Å². The lowest BCUT2D eigenvalue weighted by atomic mass is 9.96. The van der Waals surface area contributed by atoms with E-state index in [1.54, 1.807) is 7.11 Å². The molecule has 1 heterocycles. The number of hydrogen-bond donors (Lipinski definition) is 0. The van der Waals surface area contributed by atoms with Crippen LogP contribution >= 0.6 is 0 Å². The van der Waals surface area contributed by atoms with Gasteiger partial charge in [0, 0.05) is 6.54 Å². The van der Waals surface area contributed by atoms with Crippen molar-refractivity contribution >= 4 is 11.6 Å². The van der Waals surface area contributed by atoms with Crippen molar-refractivity contribution in [1.82, 2.24) is 4.90 Å². The average molecular weight is 414 g/mol. The molecule has 0 aliphatic carbocycles. The molecule has 1 aliphatic heterocycles. The van der Waals surface area contributed by atoms with Gasteiger partial charge in [0.15, 0.2) is 0 Å². The van der Waals surface area contributed by atoms with E-state index in [1.807, 2.05) is 12.1 Å². The average Bonchev–Trinajstić information content (AvgIpc) is 3.34. The largest absolute Gasteiger partial charge is 0.497 e. The van der Waals surface area contributed by atoms with Gasteiger partial charge in [-0.1, -0.05) is 60.7 Å². The first-order chi connectivity index (χ1) is 15.3. The van der Waals surface area contributed by atoms with Crippen LogP contribution in [0.5, 0.6) is 11.5 Å². The summed E-state index contributed by atoms with van der Waals surface area (Å²) < 4.78 is 11.4. The molecule has 0 radical (unpaired) electrons. The normalized spacial score (nSPS) is 14.5. The third kappa shape index (κ3) is 6.22. The van der Waals surface area contributed by atoms with Crippen molar-refractivity contribution in [1.29, 1.82) is 0 Å². The smallest absolute Gasteiger partial charge is 0.119 e. The number of hydrogen-bond acceptors (Lipinski definition) is 3. The van der Waals surface area contributed by atoms with Crippen molar-refractivity contribution in [3.05, 3.63) is 95.6 Å². The number of methoxy groups -OCH3 is 1. The molecule has 0 N–H and O–H groups in total. The first-order valence-electron chi connectivity index (χ1n) is 11.1. The van der Waals surface area contributed by atoms with Gasteiger partial charge in [-0.05, 0) is 78.9 Å². The Morgan fingerprint density at radius 3 is 2.39 bits per heavy atom. The summed E-state index contributed by atoms with van der Waals surface area (Å²) in [5.74, 6) is 1.82. The van der Waals surface area contributed by atoms with Gasteiger partial charge >= 0.3 is 0 Å². The Morgan fingerprint density at radius 1 is 0.871 bits per heavy atom. The molecule has 3 aromatic rings. The molecule has 1 fully saturated rings. The molecule has 0 bridgehead atoms. The Kier molecular flexibility index (Phi) is 7.41. The first-order valence-corrected chi connectivity index (χ1v) is 11.1. The van der Waals surface area contributed by atoms with Gasteiger partial charge in [0.25, 0.3) is 0 Å². The Morgan fingerprint density at radius 2 is 1.65 bits per heavy atom. The van der Waals surface area contributed by atoms with Crippen molar-refractivity contribution in [2.45, 2.75) is 19.3 Å². The quantitative estimate of drug-likeness (QED) is 0.405. The van der Waals surface area contributed by atoms with Crippen LogP contribution in [0.1, 0.15) is 29.5 Å². The van der Waals surface area contributed by atoms with Crippen LogP contribution in [-0.2, 0) is 6.42 Å². The van der Waals surface area contributed by atoms with Crippen molar-refractivity contribution in [2.75, 3.05) is 33.4 Å². The number of likely N-dealkylation sites (tertiary alicyclic amines) is 1. The van der Waals surface area contributed by atoms with Crippen LogP contribution in [-0.4, -0.2) is 38.3 Å². The summed E-state index contributed by atoms with van der Waals surface area (Å²) in [6.07, 6.45) is 5.75. The van der Waals surface area contributed by atoms with Crippen LogP contribution in [0.2, 0.25) is 0 Å². The minimum Gasteiger partial charge on any atom is -0.497 e. The van der Waals surface area contributed by atoms with Gasteiger partial charge in [0.2, 0.25) is 0 Å². The van der Waals surface area contributed by atoms with Gasteiger partial charge in [-0.15, -0.1) is 0 Å². The molecule has 160 valence electrons. The Hall–Kier alpha value is -3.04. The molecular weight excluding hydrogens is 382 g/mol. The van der Waals surface area contributed by atoms with E-state index in [4.69, 9.17) is 9.47 Å². The van der Waals surface area contributed by atoms with Gasteiger partial charge in [0.05, 0.1) is 7.11 Å². The number of allylic oxidation sites excluding steroid dienone is 1. The van der Waals surface area contributed by atoms with Gasteiger partial charge in [-0.3, -0.25) is 4.90 Å². The summed E-state index contributed by atoms with van der Waals surface area (Å²) in [6, 6.07) is 27.3. The zero-order chi connectivity index (χ0) is 21.3. The van der Waals surface area contributed by atoms with E-state index in [-0.39, 0.29) is 0 Å². The van der Waals surface area contributed by atoms with Crippen LogP contribution in [0.3, 0.4) is 0 Å². The van der Waals surface area contributed by atoms with E-state index in [9.17, 15) is 0 Å². The van der Waals surface area contributed by atoms with Crippen LogP contribution in [0.4, 0.5) is 0 Å². The predicted octanol–water partition coefficient (Wildman–Crippen LogP) is 5.95. The second-order valence-electron chi connectivity index (χ2n) is 8.03. The fraction of sp³-hybridized carbons (Fsp3) is 0.286. The molecule has 0 amide bonds. The molecule has 0 saturated carbocycles. The molecule has 31 heavy (non-hydrogen) atoms. The number of ether oxygens (including phenoxy) is 2. The third-order valence-electron chi connectivity index (χ3n) is 5.77. The highest BCUT2D eigenvalue weighted by Crippen LogP contribution is 2.25. The summed E-state index contributed by atoms with van der Waals surface area (Å²) in [5.41, 5.74) is 4.91. The molecule has 1 saturated heterocycles. The summed E-state index contributed by atoms with van der Waals surface area (Å²) in [6.45, 7) is 4.19. The minimum atomic E-state index is 0.750. The molecule has 0 unspecified atom stereocenters. The highest BCUT2D eigenvalue weighted by Gasteiger charge is 2.10. The van der Waals surface area contributed by atoms with Crippen molar-refractivity contribution < 1.29 is 9.47 Å². The fourth-order valence-electron chi connectivity index (χ4n) is 4.05. The molecule has 3 nitrogen and oxygen atoms in total. The monoisotopic (exact) mass is 413 g/mol. The maximum absolute atomic E-state index is 5.96. The fourth-order valence-corrected chi connectivity index (χ4v) is 4.05. The zero-order valence-electron chi connectivity index (χ0n) is 18.3. The lowest BCUT2D eigenvalue weighted by molar-refractivity contribution is 0.238. The van der Waals surface area contributed by atoms with Gasteiger partial charge in [-0.2, -0.15) is 0 Å². The molecule has 1 aliphatic rings. The SMILES string of the molecule is COc1cccc(C/C(=C\c2ccc(OCCN3CCCC3)cc2)c2ccccc2)c1. The maximum Gasteiger partial charge on any atom is 0.119 e. The Labute approximate surface area is 185 Å². The molecule has 4 rings (SSSR count). The Balaban J connectivity index is 1.47. The predicted molar refractivity (Wildman–Crippen MR) is 129 cm³/mol. The standard InChI is InChI=1S/C28H31NO2/c1-30-28-11-7-8-24(22-28)21-26(25-9-3-2-4-10-25)20-23-12-14-27(15-13-23)31-19-18-29-16-5-6-17-29/h2-4,7-15,20,22H,5-6,16-19,21H2,1H3/b26-20+. The van der Waals surface area contributed by atoms with E-state index in [1.165, 1.54) is 48.2 Å².